The highest BCUT2D eigenvalue weighted by molar-refractivity contribution is 5.53. The lowest BCUT2D eigenvalue weighted by Gasteiger charge is -2.16. The van der Waals surface area contributed by atoms with Crippen LogP contribution in [-0.4, -0.2) is 7.11 Å². The molecule has 0 aromatic heterocycles. The van der Waals surface area contributed by atoms with Crippen molar-refractivity contribution in [2.75, 3.05) is 7.11 Å². The molecule has 2 atom stereocenters. The molecule has 16 heavy (non-hydrogen) atoms. The van der Waals surface area contributed by atoms with Gasteiger partial charge in [0.1, 0.15) is 5.75 Å². The molecule has 1 fully saturated rings. The Bertz CT molecular complexity index is 471. The Morgan fingerprint density at radius 1 is 1.31 bits per heavy atom. The Morgan fingerprint density at radius 2 is 2.00 bits per heavy atom. The molecule has 2 unspecified atom stereocenters. The number of methoxy groups -OCH3 is 1. The number of hydrogen-bond acceptors (Lipinski definition) is 2. The summed E-state index contributed by atoms with van der Waals surface area (Å²) in [4.78, 5) is 0. The Morgan fingerprint density at radius 3 is 2.50 bits per heavy atom. The molecule has 1 saturated carbocycles. The smallest absolute Gasteiger partial charge is 0.125 e. The highest BCUT2D eigenvalue weighted by Crippen LogP contribution is 2.52. The van der Waals surface area contributed by atoms with Crippen molar-refractivity contribution in [2.24, 2.45) is 5.92 Å². The number of rotatable bonds is 2. The van der Waals surface area contributed by atoms with Gasteiger partial charge >= 0.3 is 0 Å². The van der Waals surface area contributed by atoms with E-state index in [1.165, 1.54) is 22.3 Å². The van der Waals surface area contributed by atoms with Gasteiger partial charge in [0.25, 0.3) is 0 Å². The second kappa shape index (κ2) is 3.83. The fourth-order valence-electron chi connectivity index (χ4n) is 2.45. The average Bonchev–Trinajstić information content (AvgIpc) is 3.01. The number of nitrogens with zero attached hydrogens (tertiary/aromatic N) is 1. The molecule has 0 heterocycles. The first kappa shape index (κ1) is 11.0. The molecule has 2 nitrogen and oxygen atoms in total. The molecule has 1 aromatic carbocycles. The van der Waals surface area contributed by atoms with E-state index in [0.29, 0.717) is 5.92 Å². The van der Waals surface area contributed by atoms with Crippen molar-refractivity contribution in [3.63, 3.8) is 0 Å². The van der Waals surface area contributed by atoms with Crippen LogP contribution in [0.2, 0.25) is 0 Å². The van der Waals surface area contributed by atoms with Gasteiger partial charge in [-0.25, -0.2) is 0 Å². The Balaban J connectivity index is 2.53. The molecule has 1 aliphatic carbocycles. The van der Waals surface area contributed by atoms with E-state index < -0.39 is 0 Å². The number of hydrogen-bond donors (Lipinski definition) is 0. The maximum absolute atomic E-state index is 8.93. The summed E-state index contributed by atoms with van der Waals surface area (Å²) >= 11 is 0. The summed E-state index contributed by atoms with van der Waals surface area (Å²) in [6.07, 6.45) is 0.982. The lowest BCUT2D eigenvalue weighted by Crippen LogP contribution is -1.99. The fourth-order valence-corrected chi connectivity index (χ4v) is 2.45. The highest BCUT2D eigenvalue weighted by Gasteiger charge is 2.41. The van der Waals surface area contributed by atoms with Crippen LogP contribution in [0.15, 0.2) is 6.07 Å². The van der Waals surface area contributed by atoms with E-state index >= 15 is 0 Å². The zero-order valence-corrected chi connectivity index (χ0v) is 10.3. The summed E-state index contributed by atoms with van der Waals surface area (Å²) < 4.78 is 5.52. The molecule has 0 spiro atoms. The quantitative estimate of drug-likeness (QED) is 0.758. The third-order valence-electron chi connectivity index (χ3n) is 3.57. The maximum atomic E-state index is 8.93. The summed E-state index contributed by atoms with van der Waals surface area (Å²) in [5.41, 5.74) is 4.96. The van der Waals surface area contributed by atoms with E-state index in [4.69, 9.17) is 10.00 Å². The van der Waals surface area contributed by atoms with Crippen LogP contribution in [0.3, 0.4) is 0 Å². The van der Waals surface area contributed by atoms with Crippen molar-refractivity contribution in [1.82, 2.24) is 0 Å². The van der Waals surface area contributed by atoms with Gasteiger partial charge in [-0.2, -0.15) is 5.26 Å². The van der Waals surface area contributed by atoms with Gasteiger partial charge in [-0.05, 0) is 43.9 Å². The van der Waals surface area contributed by atoms with Crippen molar-refractivity contribution in [3.8, 4) is 11.8 Å². The topological polar surface area (TPSA) is 33.0 Å². The first-order valence-corrected chi connectivity index (χ1v) is 5.64. The van der Waals surface area contributed by atoms with Gasteiger partial charge in [0.2, 0.25) is 0 Å². The minimum absolute atomic E-state index is 0.190. The molecular weight excluding hydrogens is 198 g/mol. The van der Waals surface area contributed by atoms with E-state index in [0.717, 1.165) is 12.2 Å². The Hall–Kier alpha value is -1.49. The predicted octanol–water partition coefficient (Wildman–Crippen LogP) is 3.25. The second-order valence-electron chi connectivity index (χ2n) is 4.66. The van der Waals surface area contributed by atoms with E-state index in [-0.39, 0.29) is 5.92 Å². The predicted molar refractivity (Wildman–Crippen MR) is 63.7 cm³/mol. The minimum Gasteiger partial charge on any atom is -0.496 e. The normalized spacial score (nSPS) is 22.7. The van der Waals surface area contributed by atoms with Crippen molar-refractivity contribution in [1.29, 1.82) is 5.26 Å². The molecule has 84 valence electrons. The molecule has 0 saturated heterocycles. The van der Waals surface area contributed by atoms with Crippen LogP contribution in [0.4, 0.5) is 0 Å². The van der Waals surface area contributed by atoms with Gasteiger partial charge < -0.3 is 4.74 Å². The molecule has 0 bridgehead atoms. The van der Waals surface area contributed by atoms with Crippen molar-refractivity contribution in [3.05, 3.63) is 28.3 Å². The van der Waals surface area contributed by atoms with Crippen LogP contribution in [0.5, 0.6) is 5.75 Å². The largest absolute Gasteiger partial charge is 0.496 e. The van der Waals surface area contributed by atoms with E-state index in [2.05, 4.69) is 32.9 Å². The first-order chi connectivity index (χ1) is 7.60. The summed E-state index contributed by atoms with van der Waals surface area (Å²) in [5, 5.41) is 8.93. The monoisotopic (exact) mass is 215 g/mol. The van der Waals surface area contributed by atoms with Crippen LogP contribution < -0.4 is 4.74 Å². The van der Waals surface area contributed by atoms with Gasteiger partial charge in [-0.15, -0.1) is 0 Å². The van der Waals surface area contributed by atoms with E-state index in [9.17, 15) is 0 Å². The Kier molecular flexibility index (Phi) is 2.63. The maximum Gasteiger partial charge on any atom is 0.125 e. The third kappa shape index (κ3) is 1.57. The van der Waals surface area contributed by atoms with Gasteiger partial charge in [0.05, 0.1) is 19.1 Å². The SMILES string of the molecule is COc1c(C)c(C)cc(C)c1C1CC1C#N. The van der Waals surface area contributed by atoms with Crippen LogP contribution >= 0.6 is 0 Å². The van der Waals surface area contributed by atoms with Gasteiger partial charge in [0.15, 0.2) is 0 Å². The van der Waals surface area contributed by atoms with Crippen LogP contribution in [0.1, 0.15) is 34.6 Å². The van der Waals surface area contributed by atoms with Crippen molar-refractivity contribution < 1.29 is 4.74 Å². The minimum atomic E-state index is 0.190. The highest BCUT2D eigenvalue weighted by atomic mass is 16.5. The number of nitriles is 1. The zero-order valence-electron chi connectivity index (χ0n) is 10.3. The summed E-state index contributed by atoms with van der Waals surface area (Å²) in [5.74, 6) is 1.56. The van der Waals surface area contributed by atoms with Crippen molar-refractivity contribution >= 4 is 0 Å². The Labute approximate surface area is 96.9 Å². The summed E-state index contributed by atoms with van der Waals surface area (Å²) in [6.45, 7) is 6.29. The lowest BCUT2D eigenvalue weighted by atomic mass is 9.95. The molecule has 2 rings (SSSR count). The van der Waals surface area contributed by atoms with Gasteiger partial charge in [-0.3, -0.25) is 0 Å². The standard InChI is InChI=1S/C14H17NO/c1-8-5-9(2)13(12-6-11(12)7-15)14(16-4)10(8)3/h5,11-12H,6H2,1-4H3. The van der Waals surface area contributed by atoms with Crippen LogP contribution in [0.25, 0.3) is 0 Å². The van der Waals surface area contributed by atoms with Gasteiger partial charge in [-0.1, -0.05) is 6.07 Å². The number of ether oxygens (including phenoxy) is 1. The number of aryl methyl sites for hydroxylation is 2. The fraction of sp³-hybridized carbons (Fsp3) is 0.500. The molecule has 1 aliphatic rings. The average molecular weight is 215 g/mol. The van der Waals surface area contributed by atoms with E-state index in [1.54, 1.807) is 7.11 Å². The molecular formula is C14H17NO. The lowest BCUT2D eigenvalue weighted by molar-refractivity contribution is 0.405. The van der Waals surface area contributed by atoms with Crippen molar-refractivity contribution in [2.45, 2.75) is 33.1 Å². The summed E-state index contributed by atoms with van der Waals surface area (Å²) in [6, 6.07) is 4.54. The molecule has 0 radical (unpaired) electrons. The van der Waals surface area contributed by atoms with Gasteiger partial charge in [0, 0.05) is 11.5 Å². The van der Waals surface area contributed by atoms with Crippen LogP contribution in [-0.2, 0) is 0 Å². The van der Waals surface area contributed by atoms with E-state index in [1.807, 2.05) is 0 Å². The summed E-state index contributed by atoms with van der Waals surface area (Å²) in [7, 11) is 1.72. The molecule has 2 heteroatoms. The first-order valence-electron chi connectivity index (χ1n) is 5.64. The number of benzene rings is 1. The molecule has 0 aliphatic heterocycles. The van der Waals surface area contributed by atoms with Crippen LogP contribution in [0, 0.1) is 38.0 Å². The molecule has 0 amide bonds. The zero-order chi connectivity index (χ0) is 11.9. The molecule has 0 N–H and O–H groups in total. The second-order valence-corrected chi connectivity index (χ2v) is 4.66. The third-order valence-corrected chi connectivity index (χ3v) is 3.57. The molecule has 1 aromatic rings.